The molecule has 0 aliphatic carbocycles. The van der Waals surface area contributed by atoms with Crippen molar-refractivity contribution >= 4 is 5.91 Å². The maximum Gasteiger partial charge on any atom is 0.255 e. The quantitative estimate of drug-likeness (QED) is 0.840. The fourth-order valence-corrected chi connectivity index (χ4v) is 2.52. The highest BCUT2D eigenvalue weighted by Crippen LogP contribution is 2.12. The van der Waals surface area contributed by atoms with E-state index in [0.717, 1.165) is 43.7 Å². The molecule has 2 N–H and O–H groups in total. The van der Waals surface area contributed by atoms with Crippen LogP contribution >= 0.6 is 0 Å². The third-order valence-corrected chi connectivity index (χ3v) is 3.46. The summed E-state index contributed by atoms with van der Waals surface area (Å²) >= 11 is 0. The van der Waals surface area contributed by atoms with Gasteiger partial charge < -0.3 is 10.6 Å². The topological polar surface area (TPSA) is 59.0 Å². The number of carbonyl (C=O) groups excluding carboxylic acids is 1. The molecule has 1 atom stereocenters. The standard InChI is InChI=1S/C14H24N4O/c1-4-13-12(8-16-18(13)9-10(2)3)14(19)17-11-5-6-15-7-11/h8,10-11,15H,4-7,9H2,1-3H3,(H,17,19)/t11-/m0/s1. The van der Waals surface area contributed by atoms with Crippen LogP contribution in [-0.2, 0) is 13.0 Å². The summed E-state index contributed by atoms with van der Waals surface area (Å²) in [6.07, 6.45) is 3.55. The second kappa shape index (κ2) is 6.19. The Balaban J connectivity index is 2.09. The number of hydrogen-bond donors (Lipinski definition) is 2. The lowest BCUT2D eigenvalue weighted by molar-refractivity contribution is 0.0939. The van der Waals surface area contributed by atoms with Crippen LogP contribution in [-0.4, -0.2) is 34.8 Å². The predicted octanol–water partition coefficient (Wildman–Crippen LogP) is 1.19. The first-order valence-electron chi connectivity index (χ1n) is 7.18. The minimum atomic E-state index is 0.0144. The van der Waals surface area contributed by atoms with Crippen molar-refractivity contribution in [1.82, 2.24) is 20.4 Å². The zero-order valence-corrected chi connectivity index (χ0v) is 12.1. The van der Waals surface area contributed by atoms with Gasteiger partial charge in [0.2, 0.25) is 0 Å². The van der Waals surface area contributed by atoms with Crippen molar-refractivity contribution in [3.63, 3.8) is 0 Å². The van der Waals surface area contributed by atoms with Crippen LogP contribution in [0.25, 0.3) is 0 Å². The van der Waals surface area contributed by atoms with Gasteiger partial charge in [0.05, 0.1) is 17.5 Å². The van der Waals surface area contributed by atoms with Gasteiger partial charge >= 0.3 is 0 Å². The molecule has 1 amide bonds. The van der Waals surface area contributed by atoms with Crippen molar-refractivity contribution < 1.29 is 4.79 Å². The molecule has 0 saturated carbocycles. The summed E-state index contributed by atoms with van der Waals surface area (Å²) in [4.78, 5) is 12.3. The summed E-state index contributed by atoms with van der Waals surface area (Å²) in [6.45, 7) is 9.10. The van der Waals surface area contributed by atoms with Crippen LogP contribution in [0.3, 0.4) is 0 Å². The zero-order valence-electron chi connectivity index (χ0n) is 12.1. The Labute approximate surface area is 114 Å². The average Bonchev–Trinajstić information content (AvgIpc) is 2.97. The Bertz CT molecular complexity index is 433. The largest absolute Gasteiger partial charge is 0.348 e. The smallest absolute Gasteiger partial charge is 0.255 e. The molecular weight excluding hydrogens is 240 g/mol. The molecule has 0 bridgehead atoms. The van der Waals surface area contributed by atoms with Crippen molar-refractivity contribution in [2.75, 3.05) is 13.1 Å². The predicted molar refractivity (Wildman–Crippen MR) is 75.2 cm³/mol. The van der Waals surface area contributed by atoms with Gasteiger partial charge in [0, 0.05) is 19.1 Å². The number of aromatic nitrogens is 2. The first kappa shape index (κ1) is 14.1. The number of nitrogens with zero attached hydrogens (tertiary/aromatic N) is 2. The van der Waals surface area contributed by atoms with Gasteiger partial charge in [-0.1, -0.05) is 20.8 Å². The van der Waals surface area contributed by atoms with E-state index in [9.17, 15) is 4.79 Å². The van der Waals surface area contributed by atoms with E-state index in [1.165, 1.54) is 0 Å². The minimum absolute atomic E-state index is 0.0144. The lowest BCUT2D eigenvalue weighted by atomic mass is 10.1. The van der Waals surface area contributed by atoms with E-state index in [4.69, 9.17) is 0 Å². The lowest BCUT2D eigenvalue weighted by Gasteiger charge is -2.13. The van der Waals surface area contributed by atoms with Crippen LogP contribution in [0.5, 0.6) is 0 Å². The van der Waals surface area contributed by atoms with Gasteiger partial charge in [0.1, 0.15) is 0 Å². The van der Waals surface area contributed by atoms with Gasteiger partial charge in [-0.2, -0.15) is 5.10 Å². The maximum atomic E-state index is 12.3. The molecule has 1 aliphatic rings. The Morgan fingerprint density at radius 2 is 2.42 bits per heavy atom. The molecule has 1 saturated heterocycles. The minimum Gasteiger partial charge on any atom is -0.348 e. The van der Waals surface area contributed by atoms with Gasteiger partial charge in [0.15, 0.2) is 0 Å². The van der Waals surface area contributed by atoms with E-state index < -0.39 is 0 Å². The number of nitrogens with one attached hydrogen (secondary N) is 2. The normalized spacial score (nSPS) is 19.1. The van der Waals surface area contributed by atoms with E-state index in [1.54, 1.807) is 6.20 Å². The monoisotopic (exact) mass is 264 g/mol. The third kappa shape index (κ3) is 3.35. The molecule has 0 radical (unpaired) electrons. The first-order valence-corrected chi connectivity index (χ1v) is 7.18. The second-order valence-corrected chi connectivity index (χ2v) is 5.60. The van der Waals surface area contributed by atoms with E-state index in [0.29, 0.717) is 5.92 Å². The van der Waals surface area contributed by atoms with Crippen molar-refractivity contribution in [2.45, 2.75) is 46.2 Å². The molecule has 19 heavy (non-hydrogen) atoms. The second-order valence-electron chi connectivity index (χ2n) is 5.60. The molecule has 2 heterocycles. The van der Waals surface area contributed by atoms with E-state index in [1.807, 2.05) is 4.68 Å². The van der Waals surface area contributed by atoms with Crippen LogP contribution in [0.4, 0.5) is 0 Å². The van der Waals surface area contributed by atoms with E-state index in [-0.39, 0.29) is 11.9 Å². The van der Waals surface area contributed by atoms with Crippen LogP contribution in [0.2, 0.25) is 0 Å². The molecule has 0 spiro atoms. The Morgan fingerprint density at radius 3 is 3.00 bits per heavy atom. The molecule has 0 aromatic carbocycles. The number of hydrogen-bond acceptors (Lipinski definition) is 3. The lowest BCUT2D eigenvalue weighted by Crippen LogP contribution is -2.36. The Kier molecular flexibility index (Phi) is 4.58. The maximum absolute atomic E-state index is 12.3. The summed E-state index contributed by atoms with van der Waals surface area (Å²) in [7, 11) is 0. The molecule has 2 rings (SSSR count). The Hall–Kier alpha value is -1.36. The van der Waals surface area contributed by atoms with Gasteiger partial charge in [-0.15, -0.1) is 0 Å². The molecule has 1 aromatic heterocycles. The zero-order chi connectivity index (χ0) is 13.8. The number of amides is 1. The summed E-state index contributed by atoms with van der Waals surface area (Å²) in [5, 5.41) is 10.7. The summed E-state index contributed by atoms with van der Waals surface area (Å²) in [5.41, 5.74) is 1.77. The first-order chi connectivity index (χ1) is 9.11. The highest BCUT2D eigenvalue weighted by atomic mass is 16.1. The van der Waals surface area contributed by atoms with Crippen molar-refractivity contribution in [1.29, 1.82) is 0 Å². The Morgan fingerprint density at radius 1 is 1.63 bits per heavy atom. The molecular formula is C14H24N4O. The van der Waals surface area contributed by atoms with Gasteiger partial charge in [-0.25, -0.2) is 0 Å². The summed E-state index contributed by atoms with van der Waals surface area (Å²) in [6, 6.07) is 0.255. The number of rotatable bonds is 5. The molecule has 1 fully saturated rings. The average molecular weight is 264 g/mol. The van der Waals surface area contributed by atoms with Gasteiger partial charge in [-0.3, -0.25) is 9.48 Å². The van der Waals surface area contributed by atoms with Crippen LogP contribution in [0, 0.1) is 5.92 Å². The van der Waals surface area contributed by atoms with Crippen molar-refractivity contribution in [3.8, 4) is 0 Å². The summed E-state index contributed by atoms with van der Waals surface area (Å²) < 4.78 is 1.96. The molecule has 1 aromatic rings. The van der Waals surface area contributed by atoms with Crippen molar-refractivity contribution in [2.24, 2.45) is 5.92 Å². The molecule has 5 nitrogen and oxygen atoms in total. The highest BCUT2D eigenvalue weighted by Gasteiger charge is 2.21. The molecule has 5 heteroatoms. The van der Waals surface area contributed by atoms with Crippen LogP contribution < -0.4 is 10.6 Å². The SMILES string of the molecule is CCc1c(C(=O)N[C@H]2CCNC2)cnn1CC(C)C. The molecule has 1 aliphatic heterocycles. The number of carbonyl (C=O) groups is 1. The third-order valence-electron chi connectivity index (χ3n) is 3.46. The molecule has 0 unspecified atom stereocenters. The fraction of sp³-hybridized carbons (Fsp3) is 0.714. The van der Waals surface area contributed by atoms with Crippen molar-refractivity contribution in [3.05, 3.63) is 17.5 Å². The van der Waals surface area contributed by atoms with Gasteiger partial charge in [-0.05, 0) is 25.3 Å². The van der Waals surface area contributed by atoms with Crippen LogP contribution in [0.15, 0.2) is 6.20 Å². The summed E-state index contributed by atoms with van der Waals surface area (Å²) in [5.74, 6) is 0.542. The van der Waals surface area contributed by atoms with E-state index >= 15 is 0 Å². The van der Waals surface area contributed by atoms with Gasteiger partial charge in [0.25, 0.3) is 5.91 Å². The van der Waals surface area contributed by atoms with Crippen LogP contribution in [0.1, 0.15) is 43.2 Å². The molecule has 106 valence electrons. The highest BCUT2D eigenvalue weighted by molar-refractivity contribution is 5.95. The fourth-order valence-electron chi connectivity index (χ4n) is 2.52. The van der Waals surface area contributed by atoms with E-state index in [2.05, 4.69) is 36.5 Å².